The highest BCUT2D eigenvalue weighted by molar-refractivity contribution is 5.71. The summed E-state index contributed by atoms with van der Waals surface area (Å²) in [6, 6.07) is 0.515. The van der Waals surface area contributed by atoms with Crippen LogP contribution in [0.3, 0.4) is 0 Å². The fraction of sp³-hybridized carbons (Fsp3) is 0.917. The molecule has 1 N–H and O–H groups in total. The van der Waals surface area contributed by atoms with Gasteiger partial charge in [0.05, 0.1) is 12.5 Å². The highest BCUT2D eigenvalue weighted by atomic mass is 16.5. The molecule has 5 nitrogen and oxygen atoms in total. The van der Waals surface area contributed by atoms with Gasteiger partial charge in [0.15, 0.2) is 0 Å². The molecule has 2 fully saturated rings. The Morgan fingerprint density at radius 2 is 1.94 bits per heavy atom. The monoisotopic (exact) mass is 242 g/mol. The molecule has 1 saturated carbocycles. The summed E-state index contributed by atoms with van der Waals surface area (Å²) >= 11 is 0. The predicted octanol–water partition coefficient (Wildman–Crippen LogP) is 0.114. The molecular weight excluding hydrogens is 220 g/mol. The van der Waals surface area contributed by atoms with Crippen molar-refractivity contribution >= 4 is 5.97 Å². The van der Waals surface area contributed by atoms with Crippen LogP contribution in [0.15, 0.2) is 0 Å². The molecule has 5 heteroatoms. The lowest BCUT2D eigenvalue weighted by molar-refractivity contribution is -0.147. The van der Waals surface area contributed by atoms with Gasteiger partial charge in [-0.25, -0.2) is 0 Å². The molecular formula is C12H22N2O3. The van der Waals surface area contributed by atoms with Crippen molar-refractivity contribution in [3.63, 3.8) is 0 Å². The van der Waals surface area contributed by atoms with Crippen molar-refractivity contribution in [3.05, 3.63) is 0 Å². The number of carbonyl (C=O) groups is 1. The Morgan fingerprint density at radius 1 is 1.29 bits per heavy atom. The van der Waals surface area contributed by atoms with Crippen LogP contribution in [-0.4, -0.2) is 73.4 Å². The summed E-state index contributed by atoms with van der Waals surface area (Å²) < 4.78 is 5.07. The molecule has 2 aliphatic rings. The Bertz CT molecular complexity index is 258. The lowest BCUT2D eigenvalue weighted by Gasteiger charge is -2.45. The number of piperazine rings is 1. The van der Waals surface area contributed by atoms with Gasteiger partial charge < -0.3 is 9.84 Å². The van der Waals surface area contributed by atoms with E-state index in [1.54, 1.807) is 7.11 Å². The van der Waals surface area contributed by atoms with Gasteiger partial charge >= 0.3 is 5.97 Å². The zero-order chi connectivity index (χ0) is 12.3. The van der Waals surface area contributed by atoms with Crippen LogP contribution in [0.1, 0.15) is 12.8 Å². The zero-order valence-corrected chi connectivity index (χ0v) is 10.5. The molecule has 1 aliphatic carbocycles. The van der Waals surface area contributed by atoms with E-state index in [2.05, 4.69) is 9.80 Å². The fourth-order valence-corrected chi connectivity index (χ4v) is 2.66. The van der Waals surface area contributed by atoms with Gasteiger partial charge in [-0.15, -0.1) is 0 Å². The highest BCUT2D eigenvalue weighted by Crippen LogP contribution is 2.32. The Hall–Kier alpha value is -0.650. The number of hydrogen-bond acceptors (Lipinski definition) is 4. The maximum absolute atomic E-state index is 10.7. The molecule has 0 radical (unpaired) electrons. The van der Waals surface area contributed by atoms with Gasteiger partial charge in [-0.3, -0.25) is 14.6 Å². The van der Waals surface area contributed by atoms with E-state index in [-0.39, 0.29) is 5.92 Å². The number of aliphatic carboxylic acids is 1. The molecule has 2 rings (SSSR count). The average molecular weight is 242 g/mol. The number of carboxylic acid groups (broad SMARTS) is 1. The van der Waals surface area contributed by atoms with E-state index in [1.165, 1.54) is 0 Å². The summed E-state index contributed by atoms with van der Waals surface area (Å²) in [5.74, 6) is -0.716. The van der Waals surface area contributed by atoms with Gasteiger partial charge in [-0.1, -0.05) is 0 Å². The predicted molar refractivity (Wildman–Crippen MR) is 64.0 cm³/mol. The third-order valence-electron chi connectivity index (χ3n) is 4.00. The van der Waals surface area contributed by atoms with E-state index in [0.717, 1.165) is 52.2 Å². The molecule has 0 aromatic rings. The molecule has 1 saturated heterocycles. The zero-order valence-electron chi connectivity index (χ0n) is 10.5. The quantitative estimate of drug-likeness (QED) is 0.742. The number of ether oxygens (including phenoxy) is 1. The van der Waals surface area contributed by atoms with Crippen LogP contribution in [0, 0.1) is 5.92 Å². The highest BCUT2D eigenvalue weighted by Gasteiger charge is 2.38. The summed E-state index contributed by atoms with van der Waals surface area (Å²) in [4.78, 5) is 15.6. The van der Waals surface area contributed by atoms with E-state index >= 15 is 0 Å². The van der Waals surface area contributed by atoms with Crippen molar-refractivity contribution in [1.29, 1.82) is 0 Å². The number of methoxy groups -OCH3 is 1. The first kappa shape index (κ1) is 12.8. The Morgan fingerprint density at radius 3 is 2.47 bits per heavy atom. The van der Waals surface area contributed by atoms with Gasteiger partial charge in [0.2, 0.25) is 0 Å². The Labute approximate surface area is 102 Å². The lowest BCUT2D eigenvalue weighted by atomic mass is 9.79. The Balaban J connectivity index is 1.65. The van der Waals surface area contributed by atoms with Crippen LogP contribution in [0.2, 0.25) is 0 Å². The first-order valence-corrected chi connectivity index (χ1v) is 6.39. The molecule has 0 amide bonds. The van der Waals surface area contributed by atoms with Crippen LogP contribution in [0.25, 0.3) is 0 Å². The van der Waals surface area contributed by atoms with Crippen LogP contribution in [0.4, 0.5) is 0 Å². The first-order valence-electron chi connectivity index (χ1n) is 6.39. The summed E-state index contributed by atoms with van der Waals surface area (Å²) in [7, 11) is 1.73. The SMILES string of the molecule is COCCN1CCN(C2CC(C(=O)O)C2)CC1. The van der Waals surface area contributed by atoms with Gasteiger partial charge in [0.1, 0.15) is 0 Å². The van der Waals surface area contributed by atoms with Gasteiger partial charge in [-0.2, -0.15) is 0 Å². The largest absolute Gasteiger partial charge is 0.481 e. The van der Waals surface area contributed by atoms with E-state index in [4.69, 9.17) is 9.84 Å². The fourth-order valence-electron chi connectivity index (χ4n) is 2.66. The third kappa shape index (κ3) is 3.18. The topological polar surface area (TPSA) is 53.0 Å². The van der Waals surface area contributed by atoms with E-state index < -0.39 is 5.97 Å². The number of nitrogens with zero attached hydrogens (tertiary/aromatic N) is 2. The standard InChI is InChI=1S/C12H22N2O3/c1-17-7-6-13-2-4-14(5-3-13)11-8-10(9-11)12(15)16/h10-11H,2-9H2,1H3,(H,15,16). The summed E-state index contributed by atoms with van der Waals surface area (Å²) in [5, 5.41) is 8.85. The molecule has 98 valence electrons. The molecule has 0 unspecified atom stereocenters. The molecule has 0 aromatic carbocycles. The summed E-state index contributed by atoms with van der Waals surface area (Å²) in [6.07, 6.45) is 1.68. The van der Waals surface area contributed by atoms with Crippen molar-refractivity contribution < 1.29 is 14.6 Å². The van der Waals surface area contributed by atoms with Crippen LogP contribution in [-0.2, 0) is 9.53 Å². The van der Waals surface area contributed by atoms with Gasteiger partial charge in [-0.05, 0) is 12.8 Å². The maximum atomic E-state index is 10.7. The van der Waals surface area contributed by atoms with E-state index in [9.17, 15) is 4.79 Å². The number of rotatable bonds is 5. The molecule has 0 atom stereocenters. The number of carboxylic acids is 1. The second-order valence-electron chi connectivity index (χ2n) is 5.03. The minimum atomic E-state index is -0.625. The normalized spacial score (nSPS) is 31.1. The second kappa shape index (κ2) is 5.80. The molecule has 1 heterocycles. The first-order chi connectivity index (χ1) is 8.20. The molecule has 1 aliphatic heterocycles. The van der Waals surface area contributed by atoms with E-state index in [1.807, 2.05) is 0 Å². The average Bonchev–Trinajstić information content (AvgIpc) is 2.25. The van der Waals surface area contributed by atoms with Crippen molar-refractivity contribution in [1.82, 2.24) is 9.80 Å². The van der Waals surface area contributed by atoms with Crippen molar-refractivity contribution in [2.75, 3.05) is 46.4 Å². The van der Waals surface area contributed by atoms with Crippen LogP contribution < -0.4 is 0 Å². The summed E-state index contributed by atoms with van der Waals surface area (Å²) in [6.45, 7) is 6.11. The number of hydrogen-bond donors (Lipinski definition) is 1. The molecule has 0 aromatic heterocycles. The van der Waals surface area contributed by atoms with E-state index in [0.29, 0.717) is 6.04 Å². The Kier molecular flexibility index (Phi) is 4.36. The molecule has 0 spiro atoms. The second-order valence-corrected chi connectivity index (χ2v) is 5.03. The molecule has 0 bridgehead atoms. The maximum Gasteiger partial charge on any atom is 0.306 e. The van der Waals surface area contributed by atoms with Crippen molar-refractivity contribution in [2.45, 2.75) is 18.9 Å². The minimum Gasteiger partial charge on any atom is -0.481 e. The van der Waals surface area contributed by atoms with Gasteiger partial charge in [0.25, 0.3) is 0 Å². The van der Waals surface area contributed by atoms with Crippen molar-refractivity contribution in [3.8, 4) is 0 Å². The third-order valence-corrected chi connectivity index (χ3v) is 4.00. The van der Waals surface area contributed by atoms with Gasteiger partial charge in [0, 0.05) is 45.9 Å². The smallest absolute Gasteiger partial charge is 0.306 e. The van der Waals surface area contributed by atoms with Crippen LogP contribution >= 0.6 is 0 Å². The van der Waals surface area contributed by atoms with Crippen molar-refractivity contribution in [2.24, 2.45) is 5.92 Å². The lowest BCUT2D eigenvalue weighted by Crippen LogP contribution is -2.55. The minimum absolute atomic E-state index is 0.0912. The summed E-state index contributed by atoms with van der Waals surface area (Å²) in [5.41, 5.74) is 0. The van der Waals surface area contributed by atoms with Crippen LogP contribution in [0.5, 0.6) is 0 Å². The molecule has 17 heavy (non-hydrogen) atoms.